The third-order valence-electron chi connectivity index (χ3n) is 3.17. The first-order valence-corrected chi connectivity index (χ1v) is 7.99. The van der Waals surface area contributed by atoms with Crippen molar-refractivity contribution in [3.63, 3.8) is 0 Å². The molecule has 0 aliphatic rings. The molecule has 132 valence electrons. The summed E-state index contributed by atoms with van der Waals surface area (Å²) < 4.78 is 13.2. The molecule has 1 N–H and O–H groups in total. The van der Waals surface area contributed by atoms with E-state index < -0.39 is 11.5 Å². The molecule has 0 aliphatic heterocycles. The molecule has 0 atom stereocenters. The minimum atomic E-state index is -1.30. The van der Waals surface area contributed by atoms with E-state index in [4.69, 9.17) is 19.8 Å². The van der Waals surface area contributed by atoms with Gasteiger partial charge >= 0.3 is 5.97 Å². The highest BCUT2D eigenvalue weighted by Crippen LogP contribution is 2.29. The maximum absolute atomic E-state index is 11.2. The van der Waals surface area contributed by atoms with Crippen LogP contribution in [0.3, 0.4) is 0 Å². The molecule has 2 heterocycles. The molecule has 0 aliphatic carbocycles. The van der Waals surface area contributed by atoms with E-state index >= 15 is 0 Å². The van der Waals surface area contributed by atoms with Crippen LogP contribution in [0, 0.1) is 17.2 Å². The summed E-state index contributed by atoms with van der Waals surface area (Å²) in [6.45, 7) is 8.22. The molecule has 2 aromatic heterocycles. The molecule has 0 saturated carbocycles. The van der Waals surface area contributed by atoms with Crippen LogP contribution in [-0.4, -0.2) is 33.2 Å². The van der Waals surface area contributed by atoms with Crippen molar-refractivity contribution in [1.82, 2.24) is 9.38 Å². The largest absolute Gasteiger partial charge is 0.487 e. The van der Waals surface area contributed by atoms with Crippen LogP contribution < -0.4 is 9.47 Å². The maximum atomic E-state index is 11.2. The number of hydrogen-bond acceptors (Lipinski definition) is 5. The van der Waals surface area contributed by atoms with Crippen molar-refractivity contribution in [3.8, 4) is 17.7 Å². The summed E-state index contributed by atoms with van der Waals surface area (Å²) in [5.41, 5.74) is 0.499. The molecule has 0 unspecified atom stereocenters. The zero-order valence-corrected chi connectivity index (χ0v) is 14.7. The van der Waals surface area contributed by atoms with Gasteiger partial charge in [-0.3, -0.25) is 4.40 Å². The Labute approximate surface area is 146 Å². The van der Waals surface area contributed by atoms with Crippen molar-refractivity contribution < 1.29 is 19.4 Å². The minimum Gasteiger partial charge on any atom is -0.487 e. The lowest BCUT2D eigenvalue weighted by Crippen LogP contribution is -2.06. The second kappa shape index (κ2) is 7.71. The molecule has 7 heteroatoms. The van der Waals surface area contributed by atoms with Crippen LogP contribution in [0.4, 0.5) is 0 Å². The lowest BCUT2D eigenvalue weighted by atomic mass is 10.2. The van der Waals surface area contributed by atoms with E-state index in [9.17, 15) is 4.79 Å². The van der Waals surface area contributed by atoms with E-state index in [0.29, 0.717) is 23.7 Å². The van der Waals surface area contributed by atoms with Gasteiger partial charge in [-0.05, 0) is 38.0 Å². The van der Waals surface area contributed by atoms with Crippen LogP contribution in [0.2, 0.25) is 0 Å². The van der Waals surface area contributed by atoms with Crippen LogP contribution in [-0.2, 0) is 4.79 Å². The van der Waals surface area contributed by atoms with Gasteiger partial charge < -0.3 is 14.6 Å². The summed E-state index contributed by atoms with van der Waals surface area (Å²) in [7, 11) is 0. The van der Waals surface area contributed by atoms with Crippen LogP contribution in [0.5, 0.6) is 11.6 Å². The molecule has 0 saturated heterocycles. The van der Waals surface area contributed by atoms with Crippen molar-refractivity contribution >= 4 is 17.7 Å². The molecule has 7 nitrogen and oxygen atoms in total. The van der Waals surface area contributed by atoms with E-state index in [-0.39, 0.29) is 17.9 Å². The zero-order chi connectivity index (χ0) is 18.6. The Balaban J connectivity index is 2.64. The Morgan fingerprint density at radius 2 is 2.16 bits per heavy atom. The standard InChI is InChI=1S/C18H21N3O4/c1-11(2)10-24-17-14(8-13(9-19)18(22)23)21-7-5-6-15(16(21)20-17)25-12(3)4/h5-8,11-12H,10H2,1-4H3,(H,22,23)/b13-8+. The number of imidazole rings is 1. The predicted octanol–water partition coefficient (Wildman–Crippen LogP) is 3.15. The SMILES string of the molecule is CC(C)COc1nc2c(OC(C)C)cccn2c1/C=C(\C#N)C(=O)O. The van der Waals surface area contributed by atoms with E-state index in [2.05, 4.69) is 4.98 Å². The number of ether oxygens (including phenoxy) is 2. The smallest absolute Gasteiger partial charge is 0.346 e. The molecule has 0 fully saturated rings. The summed E-state index contributed by atoms with van der Waals surface area (Å²) in [4.78, 5) is 15.6. The quantitative estimate of drug-likeness (QED) is 0.613. The van der Waals surface area contributed by atoms with Crippen LogP contribution >= 0.6 is 0 Å². The van der Waals surface area contributed by atoms with Gasteiger partial charge in [0.15, 0.2) is 11.4 Å². The number of aliphatic carboxylic acids is 1. The van der Waals surface area contributed by atoms with Crippen LogP contribution in [0.1, 0.15) is 33.4 Å². The van der Waals surface area contributed by atoms with E-state index in [1.165, 1.54) is 6.08 Å². The van der Waals surface area contributed by atoms with Crippen molar-refractivity contribution in [2.45, 2.75) is 33.8 Å². The fraction of sp³-hybridized carbons (Fsp3) is 0.389. The van der Waals surface area contributed by atoms with E-state index in [0.717, 1.165) is 0 Å². The molecule has 0 spiro atoms. The summed E-state index contributed by atoms with van der Waals surface area (Å²) in [6, 6.07) is 5.23. The Bertz CT molecular complexity index is 844. The van der Waals surface area contributed by atoms with Crippen LogP contribution in [0.25, 0.3) is 11.7 Å². The number of aromatic nitrogens is 2. The first kappa shape index (κ1) is 18.3. The zero-order valence-electron chi connectivity index (χ0n) is 14.7. The molecule has 0 bridgehead atoms. The number of pyridine rings is 1. The van der Waals surface area contributed by atoms with Crippen molar-refractivity contribution in [2.75, 3.05) is 6.61 Å². The highest BCUT2D eigenvalue weighted by molar-refractivity contribution is 5.96. The molecular formula is C18H21N3O4. The molecular weight excluding hydrogens is 322 g/mol. The Hall–Kier alpha value is -3.01. The third kappa shape index (κ3) is 4.29. The summed E-state index contributed by atoms with van der Waals surface area (Å²) in [5.74, 6) is -0.215. The van der Waals surface area contributed by atoms with Gasteiger partial charge in [0.2, 0.25) is 5.88 Å². The number of carboxylic acids is 1. The number of hydrogen-bond donors (Lipinski definition) is 1. The molecule has 0 amide bonds. The average molecular weight is 343 g/mol. The fourth-order valence-electron chi connectivity index (χ4n) is 2.15. The van der Waals surface area contributed by atoms with Gasteiger partial charge in [-0.1, -0.05) is 13.8 Å². The molecule has 25 heavy (non-hydrogen) atoms. The van der Waals surface area contributed by atoms with Gasteiger partial charge in [-0.15, -0.1) is 0 Å². The molecule has 2 rings (SSSR count). The fourth-order valence-corrected chi connectivity index (χ4v) is 2.15. The summed E-state index contributed by atoms with van der Waals surface area (Å²) in [6.07, 6.45) is 2.94. The maximum Gasteiger partial charge on any atom is 0.346 e. The normalized spacial score (nSPS) is 11.8. The first-order chi connectivity index (χ1) is 11.8. The number of carboxylic acid groups (broad SMARTS) is 1. The summed E-state index contributed by atoms with van der Waals surface area (Å²) in [5, 5.41) is 18.2. The number of carbonyl (C=O) groups is 1. The second-order valence-electron chi connectivity index (χ2n) is 6.21. The van der Waals surface area contributed by atoms with E-state index in [1.807, 2.05) is 27.7 Å². The number of nitrogens with zero attached hydrogens (tertiary/aromatic N) is 3. The summed E-state index contributed by atoms with van der Waals surface area (Å²) >= 11 is 0. The molecule has 0 radical (unpaired) electrons. The van der Waals surface area contributed by atoms with Crippen molar-refractivity contribution in [3.05, 3.63) is 29.6 Å². The first-order valence-electron chi connectivity index (χ1n) is 7.99. The highest BCUT2D eigenvalue weighted by atomic mass is 16.5. The van der Waals surface area contributed by atoms with Crippen molar-refractivity contribution in [1.29, 1.82) is 5.26 Å². The van der Waals surface area contributed by atoms with Gasteiger partial charge in [0.1, 0.15) is 17.3 Å². The lowest BCUT2D eigenvalue weighted by Gasteiger charge is -2.10. The van der Waals surface area contributed by atoms with Gasteiger partial charge in [-0.2, -0.15) is 10.2 Å². The number of rotatable bonds is 7. The average Bonchev–Trinajstić information content (AvgIpc) is 2.88. The molecule has 2 aromatic rings. The number of fused-ring (bicyclic) bond motifs is 1. The topological polar surface area (TPSA) is 96.9 Å². The van der Waals surface area contributed by atoms with Crippen molar-refractivity contribution in [2.24, 2.45) is 5.92 Å². The van der Waals surface area contributed by atoms with Gasteiger partial charge in [0, 0.05) is 6.20 Å². The Morgan fingerprint density at radius 1 is 1.44 bits per heavy atom. The van der Waals surface area contributed by atoms with Gasteiger partial charge in [0.25, 0.3) is 0 Å². The van der Waals surface area contributed by atoms with E-state index in [1.54, 1.807) is 28.8 Å². The van der Waals surface area contributed by atoms with Crippen LogP contribution in [0.15, 0.2) is 23.9 Å². The van der Waals surface area contributed by atoms with Gasteiger partial charge in [0.05, 0.1) is 12.7 Å². The Kier molecular flexibility index (Phi) is 5.65. The lowest BCUT2D eigenvalue weighted by molar-refractivity contribution is -0.132. The highest BCUT2D eigenvalue weighted by Gasteiger charge is 2.18. The Morgan fingerprint density at radius 3 is 2.72 bits per heavy atom. The second-order valence-corrected chi connectivity index (χ2v) is 6.21. The number of nitriles is 1. The third-order valence-corrected chi connectivity index (χ3v) is 3.17. The monoisotopic (exact) mass is 343 g/mol. The minimum absolute atomic E-state index is 0.0457. The predicted molar refractivity (Wildman–Crippen MR) is 92.5 cm³/mol. The molecule has 0 aromatic carbocycles. The van der Waals surface area contributed by atoms with Gasteiger partial charge in [-0.25, -0.2) is 4.79 Å².